The van der Waals surface area contributed by atoms with Gasteiger partial charge >= 0.3 is 0 Å². The molecule has 7 aromatic rings. The zero-order valence-corrected chi connectivity index (χ0v) is 31.0. The molecule has 3 heterocycles. The fourth-order valence-corrected chi connectivity index (χ4v) is 7.90. The number of anilines is 3. The number of hydrogen-bond donors (Lipinski definition) is 0. The standard InChI is InChI=1S/C47H39N7/c1-45(2)48-36-17-12-18-37(42(36)51-45)54(38-23-21-34(28-13-8-7-9-14-28)40-43(38)52-46(3,4)49-40)39-24-22-35(41-44(39)53-47(5,6)50-41)32-20-19-31-25-29-15-10-11-16-30(29)26-33(31)27-32/h7-27H,1-6H3/i17D,21D,22D. The van der Waals surface area contributed by atoms with Gasteiger partial charge in [-0.2, -0.15) is 0 Å². The Hall–Kier alpha value is -6.34. The fourth-order valence-electron chi connectivity index (χ4n) is 7.90. The average molecular weight is 705 g/mol. The van der Waals surface area contributed by atoms with Crippen LogP contribution in [0.4, 0.5) is 17.1 Å². The minimum absolute atomic E-state index is 0.265. The molecule has 262 valence electrons. The molecule has 7 aromatic carbocycles. The summed E-state index contributed by atoms with van der Waals surface area (Å²) in [5.41, 5.74) is 2.54. The quantitative estimate of drug-likeness (QED) is 0.169. The Labute approximate surface area is 317 Å². The molecule has 3 aliphatic rings. The van der Waals surface area contributed by atoms with Gasteiger partial charge in [0.15, 0.2) is 0 Å². The first-order valence-corrected chi connectivity index (χ1v) is 18.3. The van der Waals surface area contributed by atoms with Gasteiger partial charge in [0.05, 0.1) is 37.2 Å². The summed E-state index contributed by atoms with van der Waals surface area (Å²) < 4.78 is 28.2. The van der Waals surface area contributed by atoms with Crippen molar-refractivity contribution in [3.8, 4) is 22.3 Å². The highest BCUT2D eigenvalue weighted by Gasteiger charge is 2.31. The van der Waals surface area contributed by atoms with E-state index in [1.807, 2.05) is 101 Å². The van der Waals surface area contributed by atoms with E-state index in [4.69, 9.17) is 31.3 Å². The first-order valence-electron chi connectivity index (χ1n) is 19.8. The van der Waals surface area contributed by atoms with Crippen molar-refractivity contribution in [3.05, 3.63) is 159 Å². The van der Waals surface area contributed by atoms with Crippen LogP contribution in [-0.2, 0) is 0 Å². The summed E-state index contributed by atoms with van der Waals surface area (Å²) in [5.74, 6) is 0. The maximum atomic E-state index is 9.78. The summed E-state index contributed by atoms with van der Waals surface area (Å²) in [6, 6.07) is 37.0. The fraction of sp³-hybridized carbons (Fsp3) is 0.191. The predicted molar refractivity (Wildman–Crippen MR) is 216 cm³/mol. The molecular formula is C47H39N7. The smallest absolute Gasteiger partial charge is 0.146 e. The molecule has 0 spiro atoms. The number of benzene rings is 7. The molecule has 3 aliphatic heterocycles. The van der Waals surface area contributed by atoms with Crippen molar-refractivity contribution >= 4 is 38.6 Å². The van der Waals surface area contributed by atoms with Crippen LogP contribution in [0.2, 0.25) is 0 Å². The Bertz CT molecular complexity index is 3320. The predicted octanol–water partition coefficient (Wildman–Crippen LogP) is 7.76. The van der Waals surface area contributed by atoms with Gasteiger partial charge in [-0.3, -0.25) is 30.0 Å². The lowest BCUT2D eigenvalue weighted by atomic mass is 9.97. The molecule has 0 aromatic heterocycles. The monoisotopic (exact) mass is 704 g/mol. The molecule has 0 amide bonds. The second-order valence-corrected chi connectivity index (χ2v) is 15.7. The highest BCUT2D eigenvalue weighted by Crippen LogP contribution is 2.33. The molecule has 0 fully saturated rings. The molecular weight excluding hydrogens is 663 g/mol. The molecule has 0 atom stereocenters. The van der Waals surface area contributed by atoms with Gasteiger partial charge in [0, 0.05) is 11.1 Å². The maximum absolute atomic E-state index is 9.78. The Morgan fingerprint density at radius 1 is 0.407 bits per heavy atom. The second-order valence-electron chi connectivity index (χ2n) is 15.7. The van der Waals surface area contributed by atoms with Crippen molar-refractivity contribution in [1.82, 2.24) is 0 Å². The van der Waals surface area contributed by atoms with Crippen LogP contribution in [0.15, 0.2) is 157 Å². The molecule has 0 radical (unpaired) electrons. The third kappa shape index (κ3) is 5.25. The van der Waals surface area contributed by atoms with E-state index in [1.54, 1.807) is 6.07 Å². The van der Waals surface area contributed by atoms with E-state index in [2.05, 4.69) is 48.5 Å². The van der Waals surface area contributed by atoms with Gasteiger partial charge in [0.25, 0.3) is 0 Å². The summed E-state index contributed by atoms with van der Waals surface area (Å²) in [6.07, 6.45) is 0. The van der Waals surface area contributed by atoms with E-state index < -0.39 is 17.0 Å². The highest BCUT2D eigenvalue weighted by atomic mass is 15.2. The summed E-state index contributed by atoms with van der Waals surface area (Å²) in [7, 11) is 0. The molecule has 0 unspecified atom stereocenters. The van der Waals surface area contributed by atoms with Crippen LogP contribution in [0.1, 0.15) is 45.7 Å². The van der Waals surface area contributed by atoms with Gasteiger partial charge in [-0.25, -0.2) is 0 Å². The van der Waals surface area contributed by atoms with Crippen LogP contribution >= 0.6 is 0 Å². The summed E-state index contributed by atoms with van der Waals surface area (Å²) in [5, 5.41) is 8.03. The minimum atomic E-state index is -0.825. The number of rotatable bonds is 5. The van der Waals surface area contributed by atoms with Crippen LogP contribution in [0.25, 0.3) is 43.8 Å². The normalized spacial score (nSPS) is 17.3. The van der Waals surface area contributed by atoms with Gasteiger partial charge < -0.3 is 4.90 Å². The molecule has 7 nitrogen and oxygen atoms in total. The molecule has 0 N–H and O–H groups in total. The van der Waals surface area contributed by atoms with E-state index in [9.17, 15) is 2.74 Å². The molecule has 0 saturated carbocycles. The number of fused-ring (bicyclic) bond motifs is 5. The van der Waals surface area contributed by atoms with Crippen molar-refractivity contribution in [2.75, 3.05) is 4.90 Å². The summed E-state index contributed by atoms with van der Waals surface area (Å²) in [4.78, 5) is 32.7. The van der Waals surface area contributed by atoms with Crippen molar-refractivity contribution in [1.29, 1.82) is 0 Å². The van der Waals surface area contributed by atoms with Crippen LogP contribution < -0.4 is 37.0 Å². The largest absolute Gasteiger partial charge is 0.304 e. The van der Waals surface area contributed by atoms with Crippen LogP contribution in [-0.4, -0.2) is 17.0 Å². The van der Waals surface area contributed by atoms with E-state index in [-0.39, 0.29) is 18.1 Å². The van der Waals surface area contributed by atoms with Crippen LogP contribution in [0.5, 0.6) is 0 Å². The van der Waals surface area contributed by atoms with Gasteiger partial charge in [0.2, 0.25) is 0 Å². The van der Waals surface area contributed by atoms with Crippen molar-refractivity contribution in [3.63, 3.8) is 0 Å². The van der Waals surface area contributed by atoms with E-state index in [0.29, 0.717) is 60.3 Å². The molecule has 0 saturated heterocycles. The molecule has 0 aliphatic carbocycles. The van der Waals surface area contributed by atoms with E-state index in [0.717, 1.165) is 27.3 Å². The number of para-hydroxylation sites is 1. The van der Waals surface area contributed by atoms with Gasteiger partial charge in [-0.05, 0) is 129 Å². The van der Waals surface area contributed by atoms with Gasteiger partial charge in [-0.15, -0.1) is 0 Å². The van der Waals surface area contributed by atoms with E-state index in [1.165, 1.54) is 5.39 Å². The van der Waals surface area contributed by atoms with Gasteiger partial charge in [0.1, 0.15) is 33.1 Å². The molecule has 0 bridgehead atoms. The lowest BCUT2D eigenvalue weighted by Crippen LogP contribution is -2.38. The Kier molecular flexibility index (Phi) is 6.12. The Morgan fingerprint density at radius 2 is 0.907 bits per heavy atom. The topological polar surface area (TPSA) is 77.4 Å². The van der Waals surface area contributed by atoms with Crippen LogP contribution in [0.3, 0.4) is 0 Å². The molecule has 54 heavy (non-hydrogen) atoms. The molecule has 7 heteroatoms. The number of hydrogen-bond acceptors (Lipinski definition) is 7. The second kappa shape index (κ2) is 11.3. The van der Waals surface area contributed by atoms with Crippen molar-refractivity contribution in [2.24, 2.45) is 30.0 Å². The van der Waals surface area contributed by atoms with Crippen molar-refractivity contribution < 1.29 is 4.11 Å². The zero-order chi connectivity index (χ0) is 39.6. The summed E-state index contributed by atoms with van der Waals surface area (Å²) in [6.45, 7) is 11.7. The lowest BCUT2D eigenvalue weighted by molar-refractivity contribution is 0.549. The third-order valence-corrected chi connectivity index (χ3v) is 10.1. The Morgan fingerprint density at radius 3 is 1.56 bits per heavy atom. The Balaban J connectivity index is 1.30. The van der Waals surface area contributed by atoms with Crippen LogP contribution in [0, 0.1) is 0 Å². The first-order chi connectivity index (χ1) is 27.2. The van der Waals surface area contributed by atoms with Gasteiger partial charge in [-0.1, -0.05) is 72.8 Å². The third-order valence-electron chi connectivity index (χ3n) is 10.1. The van der Waals surface area contributed by atoms with Crippen molar-refractivity contribution in [2.45, 2.75) is 58.5 Å². The van der Waals surface area contributed by atoms with E-state index >= 15 is 0 Å². The summed E-state index contributed by atoms with van der Waals surface area (Å²) >= 11 is 0. The highest BCUT2D eigenvalue weighted by molar-refractivity contribution is 5.99. The zero-order valence-electron chi connectivity index (χ0n) is 34.0. The number of nitrogens with zero attached hydrogens (tertiary/aromatic N) is 7. The minimum Gasteiger partial charge on any atom is -0.304 e. The lowest BCUT2D eigenvalue weighted by Gasteiger charge is -2.26. The average Bonchev–Trinajstić information content (AvgIpc) is 3.79. The SMILES string of the molecule is [2H]c1cc(N(c2ccc([2H])c3c2=NC(C)(C)N=3)c2cc([2H])c(-c3ccc4cc5ccccc5cc4c3)c3c2=NC(C)(C)N=3)c2c(c1-c1ccccc1)=NC(C)(C)N=2. The molecule has 10 rings (SSSR count). The maximum Gasteiger partial charge on any atom is 0.146 e. The first kappa shape index (κ1) is 29.2.